The minimum atomic E-state index is -0.743. The molecule has 0 aliphatic carbocycles. The third-order valence-electron chi connectivity index (χ3n) is 5.71. The molecule has 0 N–H and O–H groups in total. The average molecular weight is 466 g/mol. The summed E-state index contributed by atoms with van der Waals surface area (Å²) >= 11 is 1.09. The summed E-state index contributed by atoms with van der Waals surface area (Å²) in [5.41, 5.74) is 1.17. The van der Waals surface area contributed by atoms with Crippen LogP contribution in [0.25, 0.3) is 0 Å². The van der Waals surface area contributed by atoms with E-state index in [0.29, 0.717) is 12.2 Å². The smallest absolute Gasteiger partial charge is 0.231 e. The molecule has 0 spiro atoms. The molecule has 5 nitrogen and oxygen atoms in total. The molecule has 2 unspecified atom stereocenters. The highest BCUT2D eigenvalue weighted by Crippen LogP contribution is 2.33. The van der Waals surface area contributed by atoms with Crippen molar-refractivity contribution in [2.45, 2.75) is 75.8 Å². The quantitative estimate of drug-likeness (QED) is 0.268. The Morgan fingerprint density at radius 2 is 1.97 bits per heavy atom. The Kier molecular flexibility index (Phi) is 9.94. The van der Waals surface area contributed by atoms with Gasteiger partial charge in [0, 0.05) is 18.4 Å². The van der Waals surface area contributed by atoms with Crippen LogP contribution in [-0.4, -0.2) is 44.3 Å². The van der Waals surface area contributed by atoms with Gasteiger partial charge in [-0.2, -0.15) is 0 Å². The van der Waals surface area contributed by atoms with Crippen LogP contribution in [0.1, 0.15) is 64.4 Å². The number of fused-ring (bicyclic) bond motifs is 2. The lowest BCUT2D eigenvalue weighted by molar-refractivity contribution is -0.137. The van der Waals surface area contributed by atoms with Gasteiger partial charge >= 0.3 is 0 Å². The van der Waals surface area contributed by atoms with Crippen molar-refractivity contribution in [1.29, 1.82) is 0 Å². The molecule has 0 bridgehead atoms. The molecule has 0 saturated carbocycles. The number of ether oxygens (including phenoxy) is 2. The van der Waals surface area contributed by atoms with E-state index in [4.69, 9.17) is 9.47 Å². The van der Waals surface area contributed by atoms with Crippen LogP contribution >= 0.6 is 11.8 Å². The Balaban J connectivity index is 0.000000248. The van der Waals surface area contributed by atoms with Crippen LogP contribution in [-0.2, 0) is 22.4 Å². The monoisotopic (exact) mass is 465 g/mol. The standard InChI is InChI=1S/C18H28O3S.C6H7NOS/c1-3-4-5-6-7-8-11-22(19)15(2)12-16-9-10-17-18(13-16)21-14-20-17;8-5-4-6-7(5)2-1-3-9-6/h9-10,13,15H,3-8,11-12,14H2,1-2H3;1-2,6H,3-4H2/t;6-/m.1/s1. The summed E-state index contributed by atoms with van der Waals surface area (Å²) in [6.45, 7) is 4.61. The Bertz CT molecular complexity index is 742. The molecule has 1 saturated heterocycles. The number of carbonyl (C=O) groups is 1. The highest BCUT2D eigenvalue weighted by atomic mass is 32.2. The van der Waals surface area contributed by atoms with Crippen molar-refractivity contribution in [1.82, 2.24) is 4.90 Å². The SMILES string of the molecule is CCCCCCCC[S+]([O-])C(C)Cc1ccc2c(c1)OCO2.O=C1C[C@H]2SCC=CN12. The Morgan fingerprint density at radius 3 is 2.71 bits per heavy atom. The fraction of sp³-hybridized carbons (Fsp3) is 0.625. The summed E-state index contributed by atoms with van der Waals surface area (Å²) in [6.07, 6.45) is 13.0. The third kappa shape index (κ3) is 7.36. The molecule has 4 rings (SSSR count). The van der Waals surface area contributed by atoms with Gasteiger partial charge < -0.3 is 18.9 Å². The molecule has 0 aromatic heterocycles. The number of amides is 1. The molecule has 1 aromatic rings. The van der Waals surface area contributed by atoms with E-state index >= 15 is 0 Å². The van der Waals surface area contributed by atoms with Crippen LogP contribution in [0.15, 0.2) is 30.5 Å². The second kappa shape index (κ2) is 12.7. The van der Waals surface area contributed by atoms with Gasteiger partial charge in [0.1, 0.15) is 11.0 Å². The van der Waals surface area contributed by atoms with Crippen molar-refractivity contribution in [2.75, 3.05) is 18.3 Å². The molecule has 3 heterocycles. The van der Waals surface area contributed by atoms with Crippen molar-refractivity contribution >= 4 is 28.8 Å². The maximum atomic E-state index is 12.3. The molecule has 0 radical (unpaired) electrons. The zero-order chi connectivity index (χ0) is 22.1. The maximum absolute atomic E-state index is 12.3. The largest absolute Gasteiger partial charge is 0.616 e. The summed E-state index contributed by atoms with van der Waals surface area (Å²) < 4.78 is 23.0. The van der Waals surface area contributed by atoms with E-state index in [-0.39, 0.29) is 11.2 Å². The Morgan fingerprint density at radius 1 is 1.19 bits per heavy atom. The molecule has 3 atom stereocenters. The highest BCUT2D eigenvalue weighted by molar-refractivity contribution is 8.00. The van der Waals surface area contributed by atoms with Gasteiger partial charge in [-0.05, 0) is 37.5 Å². The zero-order valence-electron chi connectivity index (χ0n) is 18.7. The van der Waals surface area contributed by atoms with E-state index in [9.17, 15) is 9.35 Å². The molecule has 31 heavy (non-hydrogen) atoms. The molecule has 1 fully saturated rings. The first-order chi connectivity index (χ1) is 15.1. The number of rotatable bonds is 10. The summed E-state index contributed by atoms with van der Waals surface area (Å²) in [7, 11) is 0. The molecule has 7 heteroatoms. The van der Waals surface area contributed by atoms with Gasteiger partial charge in [0.15, 0.2) is 11.5 Å². The second-order valence-electron chi connectivity index (χ2n) is 8.23. The first-order valence-electron chi connectivity index (χ1n) is 11.4. The number of hydrogen-bond acceptors (Lipinski definition) is 5. The molecule has 3 aliphatic heterocycles. The lowest BCUT2D eigenvalue weighted by Gasteiger charge is -2.39. The zero-order valence-corrected chi connectivity index (χ0v) is 20.3. The normalized spacial score (nSPS) is 20.4. The second-order valence-corrected chi connectivity index (χ2v) is 11.4. The molecule has 172 valence electrons. The minimum absolute atomic E-state index is 0.191. The van der Waals surface area contributed by atoms with E-state index in [1.165, 1.54) is 37.7 Å². The van der Waals surface area contributed by atoms with Gasteiger partial charge in [-0.25, -0.2) is 0 Å². The van der Waals surface area contributed by atoms with Crippen LogP contribution in [0.3, 0.4) is 0 Å². The van der Waals surface area contributed by atoms with Crippen molar-refractivity contribution in [2.24, 2.45) is 0 Å². The van der Waals surface area contributed by atoms with Crippen molar-refractivity contribution < 1.29 is 18.8 Å². The summed E-state index contributed by atoms with van der Waals surface area (Å²) in [4.78, 5) is 12.5. The number of β-lactam (4-membered cyclic amide) rings is 1. The number of carbonyl (C=O) groups excluding carboxylic acids is 1. The predicted molar refractivity (Wildman–Crippen MR) is 129 cm³/mol. The van der Waals surface area contributed by atoms with E-state index in [1.54, 1.807) is 4.90 Å². The highest BCUT2D eigenvalue weighted by Gasteiger charge is 2.35. The van der Waals surface area contributed by atoms with Gasteiger partial charge in [0.05, 0.1) is 11.8 Å². The number of nitrogens with zero attached hydrogens (tertiary/aromatic N) is 1. The van der Waals surface area contributed by atoms with E-state index in [2.05, 4.69) is 13.8 Å². The molecule has 1 aromatic carbocycles. The lowest BCUT2D eigenvalue weighted by Crippen LogP contribution is -2.48. The van der Waals surface area contributed by atoms with E-state index < -0.39 is 11.2 Å². The average Bonchev–Trinajstić information content (AvgIpc) is 3.23. The van der Waals surface area contributed by atoms with E-state index in [0.717, 1.165) is 42.3 Å². The van der Waals surface area contributed by atoms with Gasteiger partial charge in [0.2, 0.25) is 12.7 Å². The number of unbranched alkanes of at least 4 members (excludes halogenated alkanes) is 5. The number of thioether (sulfide) groups is 1. The Hall–Kier alpha value is -1.31. The summed E-state index contributed by atoms with van der Waals surface area (Å²) in [5, 5.41) is 0.665. The van der Waals surface area contributed by atoms with Crippen LogP contribution < -0.4 is 9.47 Å². The number of benzene rings is 1. The maximum Gasteiger partial charge on any atom is 0.231 e. The van der Waals surface area contributed by atoms with Gasteiger partial charge in [0.25, 0.3) is 0 Å². The lowest BCUT2D eigenvalue weighted by atomic mass is 10.1. The van der Waals surface area contributed by atoms with Crippen LogP contribution in [0.5, 0.6) is 11.5 Å². The summed E-state index contributed by atoms with van der Waals surface area (Å²) in [6, 6.07) is 6.01. The topological polar surface area (TPSA) is 61.8 Å². The third-order valence-corrected chi connectivity index (χ3v) is 8.63. The fourth-order valence-corrected chi connectivity index (χ4v) is 6.06. The Labute approximate surface area is 194 Å². The first kappa shape index (κ1) is 24.3. The van der Waals surface area contributed by atoms with Crippen molar-refractivity contribution in [3.8, 4) is 11.5 Å². The van der Waals surface area contributed by atoms with Gasteiger partial charge in [-0.1, -0.05) is 55.9 Å². The van der Waals surface area contributed by atoms with Crippen molar-refractivity contribution in [3.63, 3.8) is 0 Å². The molecular formula is C24H35NO4S2. The fourth-order valence-electron chi connectivity index (χ4n) is 3.76. The summed E-state index contributed by atoms with van der Waals surface area (Å²) in [5.74, 6) is 3.78. The molecule has 3 aliphatic rings. The first-order valence-corrected chi connectivity index (χ1v) is 13.9. The van der Waals surface area contributed by atoms with Gasteiger partial charge in [-0.15, -0.1) is 11.8 Å². The van der Waals surface area contributed by atoms with Gasteiger partial charge in [-0.3, -0.25) is 4.79 Å². The minimum Gasteiger partial charge on any atom is -0.616 e. The van der Waals surface area contributed by atoms with Crippen molar-refractivity contribution in [3.05, 3.63) is 36.0 Å². The molecule has 1 amide bonds. The van der Waals surface area contributed by atoms with E-state index in [1.807, 2.05) is 42.2 Å². The number of hydrogen-bond donors (Lipinski definition) is 0. The van der Waals surface area contributed by atoms with Crippen LogP contribution in [0.4, 0.5) is 0 Å². The molecular weight excluding hydrogens is 430 g/mol. The van der Waals surface area contributed by atoms with Crippen LogP contribution in [0, 0.1) is 0 Å². The van der Waals surface area contributed by atoms with Crippen LogP contribution in [0.2, 0.25) is 0 Å². The predicted octanol–water partition coefficient (Wildman–Crippen LogP) is 5.26.